The molecule has 1 saturated carbocycles. The van der Waals surface area contributed by atoms with Crippen molar-refractivity contribution in [2.24, 2.45) is 0 Å². The topological polar surface area (TPSA) is 24.9 Å². The summed E-state index contributed by atoms with van der Waals surface area (Å²) in [5.41, 5.74) is 2.51. The predicted octanol–water partition coefficient (Wildman–Crippen LogP) is 3.93. The zero-order valence-electron chi connectivity index (χ0n) is 11.1. The lowest BCUT2D eigenvalue weighted by Crippen LogP contribution is -2.16. The van der Waals surface area contributed by atoms with E-state index in [0.29, 0.717) is 0 Å². The number of hydrogen-bond acceptors (Lipinski definition) is 4. The van der Waals surface area contributed by atoms with Gasteiger partial charge in [-0.2, -0.15) is 11.8 Å². The molecule has 1 heterocycles. The minimum atomic E-state index is 0.731. The van der Waals surface area contributed by atoms with E-state index in [0.717, 1.165) is 18.3 Å². The molecule has 3 rings (SSSR count). The second-order valence-corrected chi connectivity index (χ2v) is 6.79. The van der Waals surface area contributed by atoms with Crippen LogP contribution in [0.25, 0.3) is 10.4 Å². The van der Waals surface area contributed by atoms with Crippen LogP contribution in [0.5, 0.6) is 0 Å². The molecule has 1 N–H and O–H groups in total. The third-order valence-electron chi connectivity index (χ3n) is 3.18. The number of thioether (sulfide) groups is 1. The summed E-state index contributed by atoms with van der Waals surface area (Å²) in [6, 6.07) is 11.3. The van der Waals surface area contributed by atoms with Crippen LogP contribution >= 0.6 is 23.1 Å². The third-order valence-corrected chi connectivity index (χ3v) is 5.07. The smallest absolute Gasteiger partial charge is 0.103 e. The van der Waals surface area contributed by atoms with Gasteiger partial charge in [0.2, 0.25) is 0 Å². The van der Waals surface area contributed by atoms with E-state index in [1.165, 1.54) is 34.0 Å². The first-order valence-electron chi connectivity index (χ1n) is 6.63. The molecule has 1 aromatic heterocycles. The van der Waals surface area contributed by atoms with Crippen LogP contribution in [0.4, 0.5) is 0 Å². The van der Waals surface area contributed by atoms with E-state index in [2.05, 4.69) is 41.9 Å². The van der Waals surface area contributed by atoms with Gasteiger partial charge in [0.15, 0.2) is 0 Å². The fraction of sp³-hybridized carbons (Fsp3) is 0.400. The van der Waals surface area contributed by atoms with Gasteiger partial charge >= 0.3 is 0 Å². The van der Waals surface area contributed by atoms with E-state index >= 15 is 0 Å². The number of nitrogens with one attached hydrogen (secondary N) is 1. The van der Waals surface area contributed by atoms with Gasteiger partial charge < -0.3 is 5.32 Å². The Morgan fingerprint density at radius 3 is 2.79 bits per heavy atom. The highest BCUT2D eigenvalue weighted by Crippen LogP contribution is 2.32. The van der Waals surface area contributed by atoms with Gasteiger partial charge in [0.25, 0.3) is 0 Å². The fourth-order valence-electron chi connectivity index (χ4n) is 2.05. The van der Waals surface area contributed by atoms with Crippen LogP contribution in [0, 0.1) is 0 Å². The maximum absolute atomic E-state index is 4.81. The highest BCUT2D eigenvalue weighted by atomic mass is 32.2. The van der Waals surface area contributed by atoms with Crippen molar-refractivity contribution in [1.82, 2.24) is 10.3 Å². The van der Waals surface area contributed by atoms with Gasteiger partial charge in [-0.25, -0.2) is 4.98 Å². The van der Waals surface area contributed by atoms with Crippen molar-refractivity contribution in [3.8, 4) is 10.4 Å². The number of rotatable bonds is 6. The van der Waals surface area contributed by atoms with Crippen molar-refractivity contribution < 1.29 is 0 Å². The van der Waals surface area contributed by atoms with Crippen molar-refractivity contribution in [3.63, 3.8) is 0 Å². The number of benzene rings is 1. The van der Waals surface area contributed by atoms with Crippen LogP contribution in [0.1, 0.15) is 23.5 Å². The van der Waals surface area contributed by atoms with Gasteiger partial charge in [0.1, 0.15) is 5.01 Å². The highest BCUT2D eigenvalue weighted by Gasteiger charge is 2.21. The molecule has 0 atom stereocenters. The van der Waals surface area contributed by atoms with E-state index in [-0.39, 0.29) is 0 Å². The molecule has 1 aliphatic rings. The minimum Gasteiger partial charge on any atom is -0.308 e. The average molecular weight is 290 g/mol. The van der Waals surface area contributed by atoms with E-state index in [9.17, 15) is 0 Å². The van der Waals surface area contributed by atoms with Crippen LogP contribution in [-0.4, -0.2) is 17.3 Å². The standard InChI is InChI=1S/C15H18N2S2/c1-18-10-14-17-13(9-16-12-7-8-12)15(19-14)11-5-3-2-4-6-11/h2-6,12,16H,7-10H2,1H3. The Hall–Kier alpha value is -0.840. The maximum atomic E-state index is 4.81. The molecule has 1 fully saturated rings. The quantitative estimate of drug-likeness (QED) is 0.872. The lowest BCUT2D eigenvalue weighted by Gasteiger charge is -2.03. The summed E-state index contributed by atoms with van der Waals surface area (Å²) in [4.78, 5) is 6.14. The third kappa shape index (κ3) is 3.38. The maximum Gasteiger partial charge on any atom is 0.103 e. The van der Waals surface area contributed by atoms with Crippen LogP contribution in [-0.2, 0) is 12.3 Å². The molecule has 0 amide bonds. The lowest BCUT2D eigenvalue weighted by atomic mass is 10.1. The summed E-state index contributed by atoms with van der Waals surface area (Å²) in [6.45, 7) is 0.903. The molecule has 0 saturated heterocycles. The number of nitrogens with zero attached hydrogens (tertiary/aromatic N) is 1. The zero-order valence-corrected chi connectivity index (χ0v) is 12.7. The summed E-state index contributed by atoms with van der Waals surface area (Å²) in [5.74, 6) is 1.01. The Morgan fingerprint density at radius 1 is 1.32 bits per heavy atom. The monoisotopic (exact) mass is 290 g/mol. The molecule has 100 valence electrons. The average Bonchev–Trinajstić information content (AvgIpc) is 3.19. The van der Waals surface area contributed by atoms with E-state index < -0.39 is 0 Å². The first-order valence-corrected chi connectivity index (χ1v) is 8.84. The second kappa shape index (κ2) is 6.07. The molecule has 0 spiro atoms. The second-order valence-electron chi connectivity index (χ2n) is 4.84. The molecule has 19 heavy (non-hydrogen) atoms. The van der Waals surface area contributed by atoms with E-state index in [4.69, 9.17) is 4.98 Å². The molecule has 0 bridgehead atoms. The first kappa shape index (κ1) is 13.2. The molecular formula is C15H18N2S2. The summed E-state index contributed by atoms with van der Waals surface area (Å²) in [7, 11) is 0. The van der Waals surface area contributed by atoms with Crippen LogP contribution in [0.15, 0.2) is 30.3 Å². The number of thiazole rings is 1. The fourth-order valence-corrected chi connectivity index (χ4v) is 3.83. The Kier molecular flexibility index (Phi) is 4.21. The summed E-state index contributed by atoms with van der Waals surface area (Å²) in [6.07, 6.45) is 4.77. The SMILES string of the molecule is CSCc1nc(CNC2CC2)c(-c2ccccc2)s1. The normalized spacial score (nSPS) is 14.8. The Bertz CT molecular complexity index is 532. The summed E-state index contributed by atoms with van der Waals surface area (Å²) < 4.78 is 0. The van der Waals surface area contributed by atoms with E-state index in [1.54, 1.807) is 0 Å². The Morgan fingerprint density at radius 2 is 2.11 bits per heavy atom. The molecule has 1 aliphatic carbocycles. The predicted molar refractivity (Wildman–Crippen MR) is 84.6 cm³/mol. The van der Waals surface area contributed by atoms with E-state index in [1.807, 2.05) is 23.1 Å². The minimum absolute atomic E-state index is 0.731. The van der Waals surface area contributed by atoms with Gasteiger partial charge in [0, 0.05) is 18.3 Å². The first-order chi connectivity index (χ1) is 9.36. The van der Waals surface area contributed by atoms with Gasteiger partial charge in [0.05, 0.1) is 10.6 Å². The van der Waals surface area contributed by atoms with Crippen molar-refractivity contribution in [1.29, 1.82) is 0 Å². The van der Waals surface area contributed by atoms with Crippen LogP contribution in [0.2, 0.25) is 0 Å². The van der Waals surface area contributed by atoms with Crippen molar-refractivity contribution in [3.05, 3.63) is 41.0 Å². The van der Waals surface area contributed by atoms with Gasteiger partial charge in [-0.1, -0.05) is 30.3 Å². The summed E-state index contributed by atoms with van der Waals surface area (Å²) >= 11 is 3.67. The lowest BCUT2D eigenvalue weighted by molar-refractivity contribution is 0.677. The van der Waals surface area contributed by atoms with Crippen molar-refractivity contribution in [2.75, 3.05) is 6.26 Å². The van der Waals surface area contributed by atoms with Gasteiger partial charge in [-0.3, -0.25) is 0 Å². The molecule has 0 aliphatic heterocycles. The van der Waals surface area contributed by atoms with Crippen molar-refractivity contribution in [2.45, 2.75) is 31.2 Å². The molecule has 2 aromatic rings. The molecule has 2 nitrogen and oxygen atoms in total. The molecule has 4 heteroatoms. The molecule has 0 unspecified atom stereocenters. The molecule has 1 aromatic carbocycles. The number of aromatic nitrogens is 1. The van der Waals surface area contributed by atoms with Gasteiger partial charge in [-0.15, -0.1) is 11.3 Å². The summed E-state index contributed by atoms with van der Waals surface area (Å²) in [5, 5.41) is 4.81. The Balaban J connectivity index is 1.86. The molecule has 0 radical (unpaired) electrons. The highest BCUT2D eigenvalue weighted by molar-refractivity contribution is 7.97. The zero-order chi connectivity index (χ0) is 13.1. The Labute approximate surface area is 122 Å². The van der Waals surface area contributed by atoms with Crippen molar-refractivity contribution >= 4 is 23.1 Å². The largest absolute Gasteiger partial charge is 0.308 e. The van der Waals surface area contributed by atoms with Gasteiger partial charge in [-0.05, 0) is 24.7 Å². The molecular weight excluding hydrogens is 272 g/mol. The van der Waals surface area contributed by atoms with Crippen LogP contribution in [0.3, 0.4) is 0 Å². The van der Waals surface area contributed by atoms with Crippen LogP contribution < -0.4 is 5.32 Å². The number of hydrogen-bond donors (Lipinski definition) is 1.